The molecule has 0 saturated heterocycles. The molecular weight excluding hydrogens is 362 g/mol. The normalized spacial score (nSPS) is 11.3. The molecule has 1 heterocycles. The Kier molecular flexibility index (Phi) is 6.03. The lowest BCUT2D eigenvalue weighted by molar-refractivity contribution is 0.288. The van der Waals surface area contributed by atoms with Gasteiger partial charge in [-0.15, -0.1) is 0 Å². The summed E-state index contributed by atoms with van der Waals surface area (Å²) in [5, 5.41) is 11.3. The molecule has 0 bridgehead atoms. The first-order valence-corrected chi connectivity index (χ1v) is 9.74. The maximum Gasteiger partial charge on any atom is 0.218 e. The smallest absolute Gasteiger partial charge is 0.218 e. The summed E-state index contributed by atoms with van der Waals surface area (Å²) in [6.45, 7) is 0.569. The minimum Gasteiger partial charge on any atom is -0.487 e. The summed E-state index contributed by atoms with van der Waals surface area (Å²) in [4.78, 5) is 4.44. The first-order valence-electron chi connectivity index (χ1n) is 9.74. The van der Waals surface area contributed by atoms with Crippen molar-refractivity contribution < 1.29 is 14.3 Å². The molecule has 0 unspecified atom stereocenters. The number of hydrogen-bond acceptors (Lipinski definition) is 4. The molecule has 0 aliphatic rings. The first-order chi connectivity index (χ1) is 14.3. The average Bonchev–Trinajstić information content (AvgIpc) is 3.23. The number of rotatable bonds is 8. The molecule has 0 spiro atoms. The van der Waals surface area contributed by atoms with Gasteiger partial charge in [-0.25, -0.2) is 4.98 Å². The Morgan fingerprint density at radius 1 is 0.931 bits per heavy atom. The molecule has 4 aromatic rings. The Morgan fingerprint density at radius 2 is 1.76 bits per heavy atom. The molecule has 146 valence electrons. The largest absolute Gasteiger partial charge is 0.487 e. The minimum atomic E-state index is 0.219. The monoisotopic (exact) mass is 385 g/mol. The maximum atomic E-state index is 8.98. The molecule has 1 N–H and O–H groups in total. The number of aliphatic hydroxyl groups excluding tert-OH is 1. The van der Waals surface area contributed by atoms with Crippen molar-refractivity contribution in [3.63, 3.8) is 0 Å². The van der Waals surface area contributed by atoms with Gasteiger partial charge >= 0.3 is 0 Å². The third-order valence-electron chi connectivity index (χ3n) is 4.67. The number of nitrogens with zero attached hydrogens (tertiary/aromatic N) is 1. The Morgan fingerprint density at radius 3 is 2.62 bits per heavy atom. The fraction of sp³-hybridized carbons (Fsp3) is 0.160. The molecule has 0 radical (unpaired) electrons. The van der Waals surface area contributed by atoms with E-state index in [1.165, 1.54) is 10.9 Å². The van der Waals surface area contributed by atoms with Gasteiger partial charge in [0.1, 0.15) is 24.3 Å². The zero-order chi connectivity index (χ0) is 19.9. The molecule has 0 saturated carbocycles. The van der Waals surface area contributed by atoms with Gasteiger partial charge in [-0.1, -0.05) is 54.6 Å². The Bertz CT molecular complexity index is 1100. The Hall–Kier alpha value is -3.37. The van der Waals surface area contributed by atoms with Crippen LogP contribution >= 0.6 is 0 Å². The van der Waals surface area contributed by atoms with Crippen LogP contribution in [0.1, 0.15) is 29.1 Å². The van der Waals surface area contributed by atoms with Gasteiger partial charge in [0.15, 0.2) is 0 Å². The molecule has 4 rings (SSSR count). The first kappa shape index (κ1) is 19.0. The van der Waals surface area contributed by atoms with Crippen LogP contribution in [0.15, 0.2) is 77.4 Å². The van der Waals surface area contributed by atoms with Crippen LogP contribution in [-0.2, 0) is 13.0 Å². The highest BCUT2D eigenvalue weighted by molar-refractivity contribution is 5.84. The van der Waals surface area contributed by atoms with Crippen molar-refractivity contribution in [1.82, 2.24) is 4.98 Å². The topological polar surface area (TPSA) is 55.5 Å². The molecule has 0 atom stereocenters. The van der Waals surface area contributed by atoms with Gasteiger partial charge in [0.05, 0.1) is 0 Å². The third-order valence-corrected chi connectivity index (χ3v) is 4.67. The van der Waals surface area contributed by atoms with Crippen LogP contribution in [0.3, 0.4) is 0 Å². The number of oxazole rings is 1. The van der Waals surface area contributed by atoms with E-state index in [-0.39, 0.29) is 6.61 Å². The van der Waals surface area contributed by atoms with E-state index in [0.717, 1.165) is 35.2 Å². The van der Waals surface area contributed by atoms with Crippen LogP contribution in [0.4, 0.5) is 0 Å². The maximum absolute atomic E-state index is 8.98. The highest BCUT2D eigenvalue weighted by atomic mass is 16.5. The molecular formula is C25H23NO3. The summed E-state index contributed by atoms with van der Waals surface area (Å²) >= 11 is 0. The van der Waals surface area contributed by atoms with E-state index in [0.29, 0.717) is 12.5 Å². The van der Waals surface area contributed by atoms with E-state index in [2.05, 4.69) is 29.2 Å². The van der Waals surface area contributed by atoms with Gasteiger partial charge in [-0.3, -0.25) is 0 Å². The van der Waals surface area contributed by atoms with Crippen LogP contribution in [0.25, 0.3) is 22.9 Å². The fourth-order valence-corrected chi connectivity index (χ4v) is 3.16. The number of ether oxygens (including phenoxy) is 1. The second-order valence-electron chi connectivity index (χ2n) is 6.88. The molecule has 0 fully saturated rings. The average molecular weight is 385 g/mol. The molecule has 0 aliphatic carbocycles. The van der Waals surface area contributed by atoms with Crippen molar-refractivity contribution in [2.45, 2.75) is 19.4 Å². The van der Waals surface area contributed by atoms with Gasteiger partial charge in [0.25, 0.3) is 0 Å². The van der Waals surface area contributed by atoms with Gasteiger partial charge in [-0.05, 0) is 52.9 Å². The number of aromatic nitrogens is 1. The molecule has 4 nitrogen and oxygen atoms in total. The van der Waals surface area contributed by atoms with Crippen molar-refractivity contribution in [2.24, 2.45) is 0 Å². The zero-order valence-corrected chi connectivity index (χ0v) is 16.1. The molecule has 3 aromatic carbocycles. The summed E-state index contributed by atoms with van der Waals surface area (Å²) in [7, 11) is 0. The molecule has 0 amide bonds. The van der Waals surface area contributed by atoms with Crippen LogP contribution in [-0.4, -0.2) is 16.7 Å². The fourth-order valence-electron chi connectivity index (χ4n) is 3.16. The van der Waals surface area contributed by atoms with Crippen LogP contribution < -0.4 is 4.74 Å². The summed E-state index contributed by atoms with van der Waals surface area (Å²) < 4.78 is 11.4. The van der Waals surface area contributed by atoms with Crippen molar-refractivity contribution in [3.8, 4) is 5.75 Å². The quantitative estimate of drug-likeness (QED) is 0.435. The lowest BCUT2D eigenvalue weighted by Gasteiger charge is -2.07. The van der Waals surface area contributed by atoms with Crippen LogP contribution in [0, 0.1) is 0 Å². The van der Waals surface area contributed by atoms with E-state index in [1.54, 1.807) is 6.26 Å². The van der Waals surface area contributed by atoms with E-state index >= 15 is 0 Å². The summed E-state index contributed by atoms with van der Waals surface area (Å²) in [5.41, 5.74) is 3.08. The molecule has 0 aliphatic heterocycles. The van der Waals surface area contributed by atoms with Crippen molar-refractivity contribution in [1.29, 1.82) is 0 Å². The second kappa shape index (κ2) is 9.22. The highest BCUT2D eigenvalue weighted by Crippen LogP contribution is 2.23. The van der Waals surface area contributed by atoms with Crippen molar-refractivity contribution >= 4 is 22.9 Å². The lowest BCUT2D eigenvalue weighted by Crippen LogP contribution is -1.96. The zero-order valence-electron chi connectivity index (χ0n) is 16.1. The van der Waals surface area contributed by atoms with Gasteiger partial charge in [0, 0.05) is 12.7 Å². The molecule has 1 aromatic heterocycles. The SMILES string of the molecule is OCCCc1ccc2cc(OCc3coc(/C=C/c4ccccc4)n3)ccc2c1. The van der Waals surface area contributed by atoms with Crippen molar-refractivity contribution in [2.75, 3.05) is 6.61 Å². The minimum absolute atomic E-state index is 0.219. The number of aryl methyl sites for hydroxylation is 1. The number of benzene rings is 3. The molecule has 4 heteroatoms. The molecule has 29 heavy (non-hydrogen) atoms. The number of hydrogen-bond donors (Lipinski definition) is 1. The number of aliphatic hydroxyl groups is 1. The van der Waals surface area contributed by atoms with Crippen LogP contribution in [0.2, 0.25) is 0 Å². The number of fused-ring (bicyclic) bond motifs is 1. The second-order valence-corrected chi connectivity index (χ2v) is 6.88. The van der Waals surface area contributed by atoms with E-state index < -0.39 is 0 Å². The summed E-state index contributed by atoms with van der Waals surface area (Å²) in [6.07, 6.45) is 7.11. The highest BCUT2D eigenvalue weighted by Gasteiger charge is 2.04. The van der Waals surface area contributed by atoms with E-state index in [1.807, 2.05) is 54.6 Å². The predicted molar refractivity (Wildman–Crippen MR) is 116 cm³/mol. The standard InChI is InChI=1S/C25H23NO3/c27-14-4-7-20-8-10-22-16-24(12-11-21(22)15-20)28-17-23-18-29-25(26-23)13-9-19-5-2-1-3-6-19/h1-3,5-6,8-13,15-16,18,27H,4,7,14,17H2/b13-9+. The summed E-state index contributed by atoms with van der Waals surface area (Å²) in [6, 6.07) is 22.4. The predicted octanol–water partition coefficient (Wildman–Crippen LogP) is 5.50. The van der Waals surface area contributed by atoms with E-state index in [9.17, 15) is 0 Å². The Balaban J connectivity index is 1.38. The van der Waals surface area contributed by atoms with Gasteiger partial charge < -0.3 is 14.3 Å². The van der Waals surface area contributed by atoms with Gasteiger partial charge in [0.2, 0.25) is 5.89 Å². The van der Waals surface area contributed by atoms with Crippen molar-refractivity contribution in [3.05, 3.63) is 95.7 Å². The third kappa shape index (κ3) is 5.12. The van der Waals surface area contributed by atoms with Gasteiger partial charge in [-0.2, -0.15) is 0 Å². The lowest BCUT2D eigenvalue weighted by atomic mass is 10.0. The Labute approximate surface area is 170 Å². The van der Waals surface area contributed by atoms with Crippen LogP contribution in [0.5, 0.6) is 5.75 Å². The summed E-state index contributed by atoms with van der Waals surface area (Å²) in [5.74, 6) is 1.35. The van der Waals surface area contributed by atoms with E-state index in [4.69, 9.17) is 14.3 Å².